The highest BCUT2D eigenvalue weighted by Gasteiger charge is 2.23. The van der Waals surface area contributed by atoms with E-state index in [1.54, 1.807) is 41.4 Å². The van der Waals surface area contributed by atoms with Crippen molar-refractivity contribution in [3.8, 4) is 16.9 Å². The molecule has 8 nitrogen and oxygen atoms in total. The molecular formula is C20H14FN5O3. The third-order valence-electron chi connectivity index (χ3n) is 4.76. The van der Waals surface area contributed by atoms with Crippen LogP contribution in [0.25, 0.3) is 27.8 Å². The van der Waals surface area contributed by atoms with E-state index in [4.69, 9.17) is 4.74 Å². The van der Waals surface area contributed by atoms with Crippen LogP contribution in [0.3, 0.4) is 0 Å². The highest BCUT2D eigenvalue weighted by atomic mass is 19.1. The average Bonchev–Trinajstić information content (AvgIpc) is 3.37. The van der Waals surface area contributed by atoms with E-state index in [9.17, 15) is 14.0 Å². The van der Waals surface area contributed by atoms with E-state index < -0.39 is 0 Å². The summed E-state index contributed by atoms with van der Waals surface area (Å²) in [5, 5.41) is 8.72. The van der Waals surface area contributed by atoms with Gasteiger partial charge in [-0.25, -0.2) is 13.9 Å². The van der Waals surface area contributed by atoms with Gasteiger partial charge in [0.15, 0.2) is 0 Å². The summed E-state index contributed by atoms with van der Waals surface area (Å²) in [6.45, 7) is 0.883. The number of fused-ring (bicyclic) bond motifs is 1. The summed E-state index contributed by atoms with van der Waals surface area (Å²) < 4.78 is 20.0. The van der Waals surface area contributed by atoms with Gasteiger partial charge in [-0.3, -0.25) is 9.69 Å². The van der Waals surface area contributed by atoms with Gasteiger partial charge in [0, 0.05) is 16.6 Å². The molecule has 2 aromatic carbocycles. The Morgan fingerprint density at radius 1 is 1.03 bits per heavy atom. The first kappa shape index (κ1) is 17.1. The molecular weight excluding hydrogens is 377 g/mol. The summed E-state index contributed by atoms with van der Waals surface area (Å²) in [6.07, 6.45) is 1.25. The lowest BCUT2D eigenvalue weighted by atomic mass is 10.1. The molecule has 0 atom stereocenters. The van der Waals surface area contributed by atoms with Crippen LogP contribution >= 0.6 is 0 Å². The van der Waals surface area contributed by atoms with Gasteiger partial charge in [-0.1, -0.05) is 5.21 Å². The maximum atomic E-state index is 13.5. The van der Waals surface area contributed by atoms with Crippen molar-refractivity contribution in [1.82, 2.24) is 20.0 Å². The second kappa shape index (κ2) is 6.55. The van der Waals surface area contributed by atoms with E-state index in [1.165, 1.54) is 22.9 Å². The molecule has 1 saturated heterocycles. The van der Waals surface area contributed by atoms with Gasteiger partial charge in [0.1, 0.15) is 18.1 Å². The molecule has 2 aromatic heterocycles. The molecule has 144 valence electrons. The number of H-pyrrole nitrogens is 1. The van der Waals surface area contributed by atoms with Gasteiger partial charge < -0.3 is 9.72 Å². The van der Waals surface area contributed by atoms with Crippen LogP contribution in [-0.2, 0) is 4.74 Å². The average molecular weight is 391 g/mol. The number of ether oxygens (including phenoxy) is 1. The molecule has 0 radical (unpaired) electrons. The molecule has 4 aromatic rings. The number of pyridine rings is 1. The minimum Gasteiger partial charge on any atom is -0.447 e. The number of amides is 1. The second-order valence-corrected chi connectivity index (χ2v) is 6.57. The molecule has 0 spiro atoms. The number of nitrogens with one attached hydrogen (secondary N) is 1. The fraction of sp³-hybridized carbons (Fsp3) is 0.100. The fourth-order valence-corrected chi connectivity index (χ4v) is 3.29. The maximum absolute atomic E-state index is 13.5. The van der Waals surface area contributed by atoms with Crippen LogP contribution in [0.15, 0.2) is 59.5 Å². The Balaban J connectivity index is 1.48. The third-order valence-corrected chi connectivity index (χ3v) is 4.76. The van der Waals surface area contributed by atoms with Crippen LogP contribution < -0.4 is 10.5 Å². The smallest absolute Gasteiger partial charge is 0.414 e. The standard InChI is InChI=1S/C20H14FN5O3/c21-13-1-6-17-12(9-13)10-16(19(27)22-17)18-11-26(24-23-18)15-4-2-14(3-5-15)25-7-8-29-20(25)28/h1-6,9-11H,7-8H2,(H,22,27). The first-order valence-electron chi connectivity index (χ1n) is 8.88. The summed E-state index contributed by atoms with van der Waals surface area (Å²) in [7, 11) is 0. The van der Waals surface area contributed by atoms with Gasteiger partial charge >= 0.3 is 6.09 Å². The van der Waals surface area contributed by atoms with E-state index in [1.807, 2.05) is 0 Å². The van der Waals surface area contributed by atoms with Crippen molar-refractivity contribution >= 4 is 22.7 Å². The van der Waals surface area contributed by atoms with Crippen molar-refractivity contribution in [2.45, 2.75) is 0 Å². The van der Waals surface area contributed by atoms with Gasteiger partial charge in [0.05, 0.1) is 24.0 Å². The van der Waals surface area contributed by atoms with Gasteiger partial charge in [-0.2, -0.15) is 0 Å². The molecule has 1 N–H and O–H groups in total. The van der Waals surface area contributed by atoms with Crippen LogP contribution in [0.2, 0.25) is 0 Å². The molecule has 1 aliphatic rings. The Morgan fingerprint density at radius 3 is 2.59 bits per heavy atom. The van der Waals surface area contributed by atoms with Crippen LogP contribution in [-0.4, -0.2) is 39.2 Å². The summed E-state index contributed by atoms with van der Waals surface area (Å²) in [6, 6.07) is 12.9. The zero-order chi connectivity index (χ0) is 20.0. The zero-order valence-corrected chi connectivity index (χ0v) is 15.0. The van der Waals surface area contributed by atoms with E-state index in [0.29, 0.717) is 41.0 Å². The first-order valence-corrected chi connectivity index (χ1v) is 8.88. The van der Waals surface area contributed by atoms with Crippen molar-refractivity contribution < 1.29 is 13.9 Å². The summed E-state index contributed by atoms with van der Waals surface area (Å²) in [5.74, 6) is -0.388. The second-order valence-electron chi connectivity index (χ2n) is 6.57. The number of anilines is 1. The van der Waals surface area contributed by atoms with E-state index in [0.717, 1.165) is 5.69 Å². The van der Waals surface area contributed by atoms with Crippen molar-refractivity contribution in [1.29, 1.82) is 0 Å². The fourth-order valence-electron chi connectivity index (χ4n) is 3.29. The molecule has 3 heterocycles. The molecule has 1 fully saturated rings. The van der Waals surface area contributed by atoms with Gasteiger partial charge in [0.25, 0.3) is 5.56 Å². The van der Waals surface area contributed by atoms with Gasteiger partial charge in [-0.15, -0.1) is 5.10 Å². The Hall–Kier alpha value is -4.01. The Labute approximate surface area is 163 Å². The predicted molar refractivity (Wildman–Crippen MR) is 104 cm³/mol. The number of halogens is 1. The number of carbonyl (C=O) groups is 1. The topological polar surface area (TPSA) is 93.1 Å². The third kappa shape index (κ3) is 3.02. The first-order chi connectivity index (χ1) is 14.1. The Morgan fingerprint density at radius 2 is 1.83 bits per heavy atom. The molecule has 5 rings (SSSR count). The highest BCUT2D eigenvalue weighted by molar-refractivity contribution is 5.89. The number of benzene rings is 2. The Bertz CT molecular complexity index is 1300. The molecule has 1 aliphatic heterocycles. The monoisotopic (exact) mass is 391 g/mol. The largest absolute Gasteiger partial charge is 0.447 e. The summed E-state index contributed by atoms with van der Waals surface area (Å²) >= 11 is 0. The number of aromatic nitrogens is 4. The Kier molecular flexibility index (Phi) is 3.87. The normalized spacial score (nSPS) is 13.8. The zero-order valence-electron chi connectivity index (χ0n) is 15.0. The van der Waals surface area contributed by atoms with Crippen molar-refractivity contribution in [2.75, 3.05) is 18.1 Å². The highest BCUT2D eigenvalue weighted by Crippen LogP contribution is 2.22. The summed E-state index contributed by atoms with van der Waals surface area (Å²) in [5.41, 5.74) is 2.31. The predicted octanol–water partition coefficient (Wildman–Crippen LogP) is 2.87. The molecule has 0 unspecified atom stereocenters. The van der Waals surface area contributed by atoms with Crippen molar-refractivity contribution in [2.24, 2.45) is 0 Å². The van der Waals surface area contributed by atoms with E-state index in [2.05, 4.69) is 15.3 Å². The molecule has 0 saturated carbocycles. The molecule has 0 bridgehead atoms. The molecule has 1 amide bonds. The lowest BCUT2D eigenvalue weighted by Crippen LogP contribution is -2.23. The van der Waals surface area contributed by atoms with Crippen molar-refractivity contribution in [3.05, 3.63) is 70.9 Å². The number of rotatable bonds is 3. The number of hydrogen-bond acceptors (Lipinski definition) is 5. The van der Waals surface area contributed by atoms with Crippen molar-refractivity contribution in [3.63, 3.8) is 0 Å². The van der Waals surface area contributed by atoms with Crippen LogP contribution in [0, 0.1) is 5.82 Å². The lowest BCUT2D eigenvalue weighted by molar-refractivity contribution is 0.181. The molecule has 29 heavy (non-hydrogen) atoms. The number of cyclic esters (lactones) is 1. The maximum Gasteiger partial charge on any atom is 0.414 e. The lowest BCUT2D eigenvalue weighted by Gasteiger charge is -2.12. The van der Waals surface area contributed by atoms with Gasteiger partial charge in [-0.05, 0) is 48.5 Å². The number of nitrogens with zero attached hydrogens (tertiary/aromatic N) is 4. The minimum absolute atomic E-state index is 0.297. The van der Waals surface area contributed by atoms with E-state index in [-0.39, 0.29) is 17.5 Å². The minimum atomic E-state index is -0.388. The number of aromatic amines is 1. The summed E-state index contributed by atoms with van der Waals surface area (Å²) in [4.78, 5) is 28.3. The van der Waals surface area contributed by atoms with Crippen LogP contribution in [0.5, 0.6) is 0 Å². The van der Waals surface area contributed by atoms with Crippen LogP contribution in [0.4, 0.5) is 14.9 Å². The molecule has 0 aliphatic carbocycles. The number of carbonyl (C=O) groups excluding carboxylic acids is 1. The SMILES string of the molecule is O=C1OCCN1c1ccc(-n2cc(-c3cc4cc(F)ccc4[nH]c3=O)nn2)cc1. The number of hydrogen-bond donors (Lipinski definition) is 1. The van der Waals surface area contributed by atoms with Gasteiger partial charge in [0.2, 0.25) is 0 Å². The van der Waals surface area contributed by atoms with Crippen LogP contribution in [0.1, 0.15) is 0 Å². The molecule has 9 heteroatoms. The quantitative estimate of drug-likeness (QED) is 0.580. The van der Waals surface area contributed by atoms with E-state index >= 15 is 0 Å².